The standard InChI is InChI=1S/C12H19N3O2S/c1-2-14-6-3-4-10(8-14)15-7-5-13-12(15)18-9-11(16)17/h5,7,10H,2-4,6,8-9H2,1H3,(H,16,17). The highest BCUT2D eigenvalue weighted by Crippen LogP contribution is 2.26. The van der Waals surface area contributed by atoms with Crippen LogP contribution in [0.1, 0.15) is 25.8 Å². The zero-order valence-corrected chi connectivity index (χ0v) is 11.4. The Kier molecular flexibility index (Phi) is 4.66. The summed E-state index contributed by atoms with van der Waals surface area (Å²) in [4.78, 5) is 17.3. The third-order valence-electron chi connectivity index (χ3n) is 3.28. The molecule has 18 heavy (non-hydrogen) atoms. The number of piperidine rings is 1. The van der Waals surface area contributed by atoms with Gasteiger partial charge in [-0.15, -0.1) is 0 Å². The number of aliphatic carboxylic acids is 1. The molecule has 5 nitrogen and oxygen atoms in total. The van der Waals surface area contributed by atoms with Crippen LogP contribution in [-0.2, 0) is 4.79 Å². The molecule has 0 bridgehead atoms. The number of rotatable bonds is 5. The number of carbonyl (C=O) groups is 1. The highest BCUT2D eigenvalue weighted by molar-refractivity contribution is 7.99. The van der Waals surface area contributed by atoms with Crippen molar-refractivity contribution in [1.29, 1.82) is 0 Å². The van der Waals surface area contributed by atoms with Gasteiger partial charge in [0.1, 0.15) is 0 Å². The van der Waals surface area contributed by atoms with Crippen LogP contribution in [0.15, 0.2) is 17.6 Å². The van der Waals surface area contributed by atoms with Gasteiger partial charge in [0, 0.05) is 25.0 Å². The predicted molar refractivity (Wildman–Crippen MR) is 71.0 cm³/mol. The Morgan fingerprint density at radius 3 is 3.22 bits per heavy atom. The van der Waals surface area contributed by atoms with E-state index in [9.17, 15) is 4.79 Å². The maximum absolute atomic E-state index is 10.6. The zero-order chi connectivity index (χ0) is 13.0. The van der Waals surface area contributed by atoms with Crippen molar-refractivity contribution in [2.45, 2.75) is 31.0 Å². The largest absolute Gasteiger partial charge is 0.481 e. The van der Waals surface area contributed by atoms with Gasteiger partial charge < -0.3 is 14.6 Å². The van der Waals surface area contributed by atoms with Crippen LogP contribution in [0.25, 0.3) is 0 Å². The molecule has 0 saturated carbocycles. The van der Waals surface area contributed by atoms with E-state index in [-0.39, 0.29) is 5.75 Å². The van der Waals surface area contributed by atoms with E-state index in [4.69, 9.17) is 5.11 Å². The molecule has 1 aliphatic heterocycles. The molecule has 1 saturated heterocycles. The molecule has 0 aliphatic carbocycles. The molecular weight excluding hydrogens is 250 g/mol. The number of carboxylic acid groups (broad SMARTS) is 1. The van der Waals surface area contributed by atoms with E-state index in [1.165, 1.54) is 24.7 Å². The van der Waals surface area contributed by atoms with Crippen LogP contribution in [0.5, 0.6) is 0 Å². The minimum Gasteiger partial charge on any atom is -0.481 e. The highest BCUT2D eigenvalue weighted by Gasteiger charge is 2.22. The van der Waals surface area contributed by atoms with Gasteiger partial charge in [0.05, 0.1) is 5.75 Å². The second-order valence-corrected chi connectivity index (χ2v) is 5.43. The lowest BCUT2D eigenvalue weighted by Gasteiger charge is -2.33. The van der Waals surface area contributed by atoms with Crippen molar-refractivity contribution in [3.05, 3.63) is 12.4 Å². The second kappa shape index (κ2) is 6.24. The first-order valence-corrected chi connectivity index (χ1v) is 7.29. The van der Waals surface area contributed by atoms with E-state index >= 15 is 0 Å². The fraction of sp³-hybridized carbons (Fsp3) is 0.667. The van der Waals surface area contributed by atoms with E-state index in [1.807, 2.05) is 6.20 Å². The fourth-order valence-corrected chi connectivity index (χ4v) is 3.11. The maximum Gasteiger partial charge on any atom is 0.313 e. The van der Waals surface area contributed by atoms with Crippen LogP contribution < -0.4 is 0 Å². The quantitative estimate of drug-likeness (QED) is 0.825. The van der Waals surface area contributed by atoms with Crippen molar-refractivity contribution in [3.63, 3.8) is 0 Å². The summed E-state index contributed by atoms with van der Waals surface area (Å²) in [6.45, 7) is 5.45. The Morgan fingerprint density at radius 2 is 2.50 bits per heavy atom. The SMILES string of the molecule is CCN1CCCC(n2ccnc2SCC(=O)O)C1. The van der Waals surface area contributed by atoms with E-state index in [0.717, 1.165) is 24.7 Å². The number of aromatic nitrogens is 2. The lowest BCUT2D eigenvalue weighted by molar-refractivity contribution is -0.133. The Bertz CT molecular complexity index is 408. The van der Waals surface area contributed by atoms with Crippen LogP contribution in [0, 0.1) is 0 Å². The summed E-state index contributed by atoms with van der Waals surface area (Å²) in [7, 11) is 0. The third-order valence-corrected chi connectivity index (χ3v) is 4.24. The van der Waals surface area contributed by atoms with Gasteiger partial charge in [-0.3, -0.25) is 4.79 Å². The minimum atomic E-state index is -0.798. The fourth-order valence-electron chi connectivity index (χ4n) is 2.36. The molecule has 1 aromatic heterocycles. The summed E-state index contributed by atoms with van der Waals surface area (Å²) in [6, 6.07) is 0.428. The average molecular weight is 269 g/mol. The number of likely N-dealkylation sites (N-methyl/N-ethyl adjacent to an activating group) is 1. The molecule has 1 atom stereocenters. The van der Waals surface area contributed by atoms with E-state index < -0.39 is 5.97 Å². The van der Waals surface area contributed by atoms with Crippen molar-refractivity contribution in [1.82, 2.24) is 14.5 Å². The monoisotopic (exact) mass is 269 g/mol. The Balaban J connectivity index is 2.03. The predicted octanol–water partition coefficient (Wildman–Crippen LogP) is 1.72. The molecule has 0 aromatic carbocycles. The van der Waals surface area contributed by atoms with Crippen LogP contribution in [0.4, 0.5) is 0 Å². The number of hydrogen-bond donors (Lipinski definition) is 1. The van der Waals surface area contributed by atoms with Crippen molar-refractivity contribution in [2.75, 3.05) is 25.4 Å². The zero-order valence-electron chi connectivity index (χ0n) is 10.6. The second-order valence-electron chi connectivity index (χ2n) is 4.49. The topological polar surface area (TPSA) is 58.4 Å². The number of likely N-dealkylation sites (tertiary alicyclic amines) is 1. The molecule has 2 rings (SSSR count). The van der Waals surface area contributed by atoms with Crippen LogP contribution in [0.2, 0.25) is 0 Å². The first kappa shape index (κ1) is 13.4. The van der Waals surface area contributed by atoms with E-state index in [2.05, 4.69) is 21.4 Å². The summed E-state index contributed by atoms with van der Waals surface area (Å²) < 4.78 is 2.13. The van der Waals surface area contributed by atoms with Gasteiger partial charge in [-0.25, -0.2) is 4.98 Å². The summed E-state index contributed by atoms with van der Waals surface area (Å²) in [6.07, 6.45) is 6.07. The normalized spacial score (nSPS) is 21.1. The number of carboxylic acids is 1. The van der Waals surface area contributed by atoms with Crippen LogP contribution in [-0.4, -0.2) is 50.9 Å². The van der Waals surface area contributed by atoms with E-state index in [1.54, 1.807) is 6.20 Å². The van der Waals surface area contributed by atoms with Crippen molar-refractivity contribution >= 4 is 17.7 Å². The molecule has 0 amide bonds. The van der Waals surface area contributed by atoms with Crippen LogP contribution >= 0.6 is 11.8 Å². The van der Waals surface area contributed by atoms with Crippen LogP contribution in [0.3, 0.4) is 0 Å². The van der Waals surface area contributed by atoms with Gasteiger partial charge in [0.25, 0.3) is 0 Å². The Morgan fingerprint density at radius 1 is 1.67 bits per heavy atom. The minimum absolute atomic E-state index is 0.0707. The molecule has 0 spiro atoms. The van der Waals surface area contributed by atoms with Gasteiger partial charge in [-0.2, -0.15) is 0 Å². The van der Waals surface area contributed by atoms with Gasteiger partial charge >= 0.3 is 5.97 Å². The summed E-state index contributed by atoms with van der Waals surface area (Å²) in [5.74, 6) is -0.727. The lowest BCUT2D eigenvalue weighted by atomic mass is 10.1. The number of thioether (sulfide) groups is 1. The van der Waals surface area contributed by atoms with Gasteiger partial charge in [-0.05, 0) is 25.9 Å². The van der Waals surface area contributed by atoms with Gasteiger partial charge in [0.15, 0.2) is 5.16 Å². The molecule has 1 unspecified atom stereocenters. The smallest absolute Gasteiger partial charge is 0.313 e. The third kappa shape index (κ3) is 3.26. The highest BCUT2D eigenvalue weighted by atomic mass is 32.2. The molecule has 0 radical (unpaired) electrons. The summed E-state index contributed by atoms with van der Waals surface area (Å²) in [5, 5.41) is 9.55. The molecule has 100 valence electrons. The molecule has 1 N–H and O–H groups in total. The van der Waals surface area contributed by atoms with Crippen molar-refractivity contribution in [2.24, 2.45) is 0 Å². The molecular formula is C12H19N3O2S. The summed E-state index contributed by atoms with van der Waals surface area (Å²) in [5.41, 5.74) is 0. The molecule has 1 fully saturated rings. The molecule has 1 aromatic rings. The molecule has 6 heteroatoms. The average Bonchev–Trinajstić information content (AvgIpc) is 2.84. The number of imidazole rings is 1. The first-order valence-electron chi connectivity index (χ1n) is 6.30. The van der Waals surface area contributed by atoms with Crippen molar-refractivity contribution in [3.8, 4) is 0 Å². The maximum atomic E-state index is 10.6. The Labute approximate surface area is 111 Å². The molecule has 2 heterocycles. The Hall–Kier alpha value is -1.01. The summed E-state index contributed by atoms with van der Waals surface area (Å²) >= 11 is 1.30. The lowest BCUT2D eigenvalue weighted by Crippen LogP contribution is -2.36. The first-order chi connectivity index (χ1) is 8.70. The number of hydrogen-bond acceptors (Lipinski definition) is 4. The van der Waals surface area contributed by atoms with Gasteiger partial charge in [0.2, 0.25) is 0 Å². The number of nitrogens with zero attached hydrogens (tertiary/aromatic N) is 3. The van der Waals surface area contributed by atoms with E-state index in [0.29, 0.717) is 6.04 Å². The van der Waals surface area contributed by atoms with Crippen molar-refractivity contribution < 1.29 is 9.90 Å². The van der Waals surface area contributed by atoms with Gasteiger partial charge in [-0.1, -0.05) is 18.7 Å². The molecule has 1 aliphatic rings.